The number of nitrogens with zero attached hydrogens (tertiary/aromatic N) is 1. The standard InChI is InChI=1S/C21H18Cl2FNO5S/c22-16-9-18(23)20(26)19(10-16)31(29,30)25(12-14-3-7-17(24)8-4-14)11-13-1-5-15(6-2-13)21(27)28/h1-8,10,18,26H,9,11-12H2,(H,27,28). The Morgan fingerprint density at radius 1 is 1.06 bits per heavy atom. The van der Waals surface area contributed by atoms with Gasteiger partial charge in [0.25, 0.3) is 0 Å². The van der Waals surface area contributed by atoms with Gasteiger partial charge in [0, 0.05) is 24.5 Å². The van der Waals surface area contributed by atoms with Crippen LogP contribution in [0.3, 0.4) is 0 Å². The van der Waals surface area contributed by atoms with Gasteiger partial charge >= 0.3 is 5.97 Å². The highest BCUT2D eigenvalue weighted by atomic mass is 35.5. The van der Waals surface area contributed by atoms with Crippen LogP contribution in [0.1, 0.15) is 27.9 Å². The van der Waals surface area contributed by atoms with Gasteiger partial charge in [-0.3, -0.25) is 0 Å². The van der Waals surface area contributed by atoms with E-state index in [-0.39, 0.29) is 30.1 Å². The van der Waals surface area contributed by atoms with Crippen molar-refractivity contribution in [3.05, 3.63) is 92.8 Å². The van der Waals surface area contributed by atoms with Crippen LogP contribution in [-0.2, 0) is 23.1 Å². The summed E-state index contributed by atoms with van der Waals surface area (Å²) in [6, 6.07) is 11.1. The predicted octanol–water partition coefficient (Wildman–Crippen LogP) is 4.76. The number of carbonyl (C=O) groups is 1. The molecule has 1 atom stereocenters. The van der Waals surface area contributed by atoms with E-state index in [2.05, 4.69) is 0 Å². The number of alkyl halides is 1. The molecule has 0 radical (unpaired) electrons. The van der Waals surface area contributed by atoms with Crippen molar-refractivity contribution >= 4 is 39.2 Å². The molecule has 2 aromatic carbocycles. The van der Waals surface area contributed by atoms with Crippen LogP contribution in [0.15, 0.2) is 70.3 Å². The van der Waals surface area contributed by atoms with Crippen molar-refractivity contribution in [3.63, 3.8) is 0 Å². The molecule has 1 aliphatic rings. The molecule has 2 N–H and O–H groups in total. The molecule has 164 valence electrons. The summed E-state index contributed by atoms with van der Waals surface area (Å²) >= 11 is 12.1. The van der Waals surface area contributed by atoms with Crippen molar-refractivity contribution < 1.29 is 27.8 Å². The van der Waals surface area contributed by atoms with Crippen LogP contribution < -0.4 is 0 Å². The topological polar surface area (TPSA) is 94.9 Å². The fraction of sp³-hybridized carbons (Fsp3) is 0.190. The van der Waals surface area contributed by atoms with E-state index in [1.54, 1.807) is 0 Å². The molecule has 0 spiro atoms. The van der Waals surface area contributed by atoms with Gasteiger partial charge in [-0.25, -0.2) is 17.6 Å². The summed E-state index contributed by atoms with van der Waals surface area (Å²) in [5, 5.41) is 18.6. The molecule has 10 heteroatoms. The van der Waals surface area contributed by atoms with Crippen molar-refractivity contribution in [3.8, 4) is 0 Å². The maximum absolute atomic E-state index is 13.4. The Labute approximate surface area is 188 Å². The van der Waals surface area contributed by atoms with Crippen molar-refractivity contribution in [2.45, 2.75) is 24.9 Å². The second-order valence-corrected chi connectivity index (χ2v) is 9.83. The number of hydrogen-bond donors (Lipinski definition) is 2. The first-order valence-electron chi connectivity index (χ1n) is 9.08. The molecule has 31 heavy (non-hydrogen) atoms. The number of aliphatic hydroxyl groups is 1. The number of hydrogen-bond acceptors (Lipinski definition) is 4. The first-order valence-corrected chi connectivity index (χ1v) is 11.3. The molecule has 1 aliphatic carbocycles. The summed E-state index contributed by atoms with van der Waals surface area (Å²) < 4.78 is 41.2. The Morgan fingerprint density at radius 3 is 2.10 bits per heavy atom. The fourth-order valence-electron chi connectivity index (χ4n) is 3.02. The van der Waals surface area contributed by atoms with Crippen LogP contribution >= 0.6 is 23.2 Å². The summed E-state index contributed by atoms with van der Waals surface area (Å²) in [6.45, 7) is -0.257. The molecular formula is C21H18Cl2FNO5S. The minimum Gasteiger partial charge on any atom is -0.509 e. The molecule has 6 nitrogen and oxygen atoms in total. The Kier molecular flexibility index (Phi) is 7.06. The molecule has 0 saturated heterocycles. The molecule has 0 aliphatic heterocycles. The average Bonchev–Trinajstić information content (AvgIpc) is 2.72. The van der Waals surface area contributed by atoms with Crippen molar-refractivity contribution in [1.29, 1.82) is 0 Å². The molecule has 1 unspecified atom stereocenters. The van der Waals surface area contributed by atoms with Gasteiger partial charge < -0.3 is 10.2 Å². The summed E-state index contributed by atoms with van der Waals surface area (Å²) in [5.41, 5.74) is 1.09. The Bertz CT molecular complexity index is 1150. The third kappa shape index (κ3) is 5.46. The number of aromatic carboxylic acids is 1. The predicted molar refractivity (Wildman–Crippen MR) is 116 cm³/mol. The van der Waals surface area contributed by atoms with Crippen LogP contribution in [0.5, 0.6) is 0 Å². The molecular weight excluding hydrogens is 468 g/mol. The highest BCUT2D eigenvalue weighted by molar-refractivity contribution is 7.93. The van der Waals surface area contributed by atoms with E-state index in [1.165, 1.54) is 48.5 Å². The van der Waals surface area contributed by atoms with Crippen LogP contribution in [0.4, 0.5) is 4.39 Å². The molecule has 0 aromatic heterocycles. The number of benzene rings is 2. The highest BCUT2D eigenvalue weighted by Crippen LogP contribution is 2.34. The van der Waals surface area contributed by atoms with E-state index in [4.69, 9.17) is 28.3 Å². The van der Waals surface area contributed by atoms with Crippen LogP contribution in [0.2, 0.25) is 0 Å². The summed E-state index contributed by atoms with van der Waals surface area (Å²) in [5.74, 6) is -2.07. The van der Waals surface area contributed by atoms with Gasteiger partial charge in [0.05, 0.1) is 10.9 Å². The molecule has 2 aromatic rings. The van der Waals surface area contributed by atoms with Crippen molar-refractivity contribution in [2.24, 2.45) is 0 Å². The van der Waals surface area contributed by atoms with Crippen molar-refractivity contribution in [2.75, 3.05) is 0 Å². The van der Waals surface area contributed by atoms with E-state index in [9.17, 15) is 22.7 Å². The molecule has 3 rings (SSSR count). The number of halogens is 3. The van der Waals surface area contributed by atoms with Gasteiger partial charge in [-0.2, -0.15) is 4.31 Å². The van der Waals surface area contributed by atoms with E-state index in [0.29, 0.717) is 11.1 Å². The highest BCUT2D eigenvalue weighted by Gasteiger charge is 2.34. The third-order valence-electron chi connectivity index (χ3n) is 4.66. The molecule has 0 fully saturated rings. The van der Waals surface area contributed by atoms with Gasteiger partial charge in [-0.1, -0.05) is 35.9 Å². The maximum Gasteiger partial charge on any atom is 0.335 e. The van der Waals surface area contributed by atoms with Crippen molar-refractivity contribution in [1.82, 2.24) is 4.31 Å². The Balaban J connectivity index is 2.01. The number of allylic oxidation sites excluding steroid dienone is 3. The first kappa shape index (κ1) is 23.3. The van der Waals surface area contributed by atoms with Crippen LogP contribution in [0, 0.1) is 5.82 Å². The zero-order valence-corrected chi connectivity index (χ0v) is 18.3. The minimum atomic E-state index is -4.26. The third-order valence-corrected chi connectivity index (χ3v) is 7.11. The van der Waals surface area contributed by atoms with Gasteiger partial charge in [-0.05, 0) is 41.5 Å². The van der Waals surface area contributed by atoms with Crippen LogP contribution in [-0.4, -0.2) is 34.3 Å². The second kappa shape index (κ2) is 9.40. The second-order valence-electron chi connectivity index (χ2n) is 6.91. The van der Waals surface area contributed by atoms with Gasteiger partial charge in [0.1, 0.15) is 16.5 Å². The first-order chi connectivity index (χ1) is 14.6. The lowest BCUT2D eigenvalue weighted by atomic mass is 10.1. The monoisotopic (exact) mass is 485 g/mol. The molecule has 0 saturated carbocycles. The smallest absolute Gasteiger partial charge is 0.335 e. The molecule has 0 bridgehead atoms. The summed E-state index contributed by atoms with van der Waals surface area (Å²) in [6.07, 6.45) is 1.26. The van der Waals surface area contributed by atoms with Crippen LogP contribution in [0.25, 0.3) is 0 Å². The van der Waals surface area contributed by atoms with E-state index in [0.717, 1.165) is 10.4 Å². The average molecular weight is 486 g/mol. The number of carboxylic acids is 1. The van der Waals surface area contributed by atoms with Gasteiger partial charge in [-0.15, -0.1) is 11.6 Å². The maximum atomic E-state index is 13.4. The normalized spacial score (nSPS) is 17.0. The lowest BCUT2D eigenvalue weighted by molar-refractivity contribution is 0.0697. The lowest BCUT2D eigenvalue weighted by Crippen LogP contribution is -2.33. The van der Waals surface area contributed by atoms with Gasteiger partial charge in [0.15, 0.2) is 0 Å². The minimum absolute atomic E-state index is 0.0593. The number of rotatable bonds is 7. The fourth-order valence-corrected chi connectivity index (χ4v) is 5.39. The van der Waals surface area contributed by atoms with Gasteiger partial charge in [0.2, 0.25) is 10.0 Å². The largest absolute Gasteiger partial charge is 0.509 e. The van der Waals surface area contributed by atoms with E-state index < -0.39 is 37.9 Å². The van der Waals surface area contributed by atoms with E-state index in [1.807, 2.05) is 0 Å². The quantitative estimate of drug-likeness (QED) is 0.551. The SMILES string of the molecule is O=C(O)c1ccc(CN(Cc2ccc(F)cc2)S(=O)(=O)C2=C(O)C(Cl)CC(Cl)=C2)cc1. The number of sulfonamides is 1. The number of carboxylic acid groups (broad SMARTS) is 1. The number of aliphatic hydroxyl groups excluding tert-OH is 1. The molecule has 0 heterocycles. The summed E-state index contributed by atoms with van der Waals surface area (Å²) in [7, 11) is -4.26. The Hall–Kier alpha value is -2.39. The Morgan fingerprint density at radius 2 is 1.58 bits per heavy atom. The zero-order chi connectivity index (χ0) is 22.8. The van der Waals surface area contributed by atoms with E-state index >= 15 is 0 Å². The summed E-state index contributed by atoms with van der Waals surface area (Å²) in [4.78, 5) is 10.7. The zero-order valence-electron chi connectivity index (χ0n) is 16.0. The lowest BCUT2D eigenvalue weighted by Gasteiger charge is -2.26. The molecule has 0 amide bonds.